The van der Waals surface area contributed by atoms with Crippen molar-refractivity contribution in [1.29, 1.82) is 0 Å². The lowest BCUT2D eigenvalue weighted by molar-refractivity contribution is -0.139. The molecule has 0 bridgehead atoms. The zero-order valence-electron chi connectivity index (χ0n) is 26.8. The Balaban J connectivity index is 1.15. The van der Waals surface area contributed by atoms with E-state index in [2.05, 4.69) is 53.1 Å². The largest absolute Gasteiger partial charge is 0.370 e. The maximum atomic E-state index is 13.0. The van der Waals surface area contributed by atoms with Gasteiger partial charge in [-0.3, -0.25) is 19.3 Å². The number of pyridine rings is 1. The number of rotatable bonds is 10. The van der Waals surface area contributed by atoms with Gasteiger partial charge in [0.25, 0.3) is 5.91 Å². The Labute approximate surface area is 251 Å². The highest BCUT2D eigenvalue weighted by Crippen LogP contribution is 2.53. The van der Waals surface area contributed by atoms with E-state index in [1.807, 2.05) is 37.8 Å². The molecule has 2 aliphatic heterocycles. The van der Waals surface area contributed by atoms with Crippen molar-refractivity contribution in [3.05, 3.63) is 23.9 Å². The van der Waals surface area contributed by atoms with Crippen molar-refractivity contribution in [1.82, 2.24) is 25.4 Å². The molecule has 0 spiro atoms. The summed E-state index contributed by atoms with van der Waals surface area (Å²) in [5, 5.41) is 6.15. The molecule has 1 aromatic rings. The topological polar surface area (TPSA) is 107 Å². The third-order valence-corrected chi connectivity index (χ3v) is 9.08. The lowest BCUT2D eigenvalue weighted by Crippen LogP contribution is -2.63. The maximum absolute atomic E-state index is 13.0. The second-order valence-corrected chi connectivity index (χ2v) is 14.7. The van der Waals surface area contributed by atoms with Crippen LogP contribution in [0.1, 0.15) is 78.1 Å². The maximum Gasteiger partial charge on any atom is 0.253 e. The van der Waals surface area contributed by atoms with E-state index >= 15 is 0 Å². The molecule has 0 radical (unpaired) electrons. The minimum atomic E-state index is -0.557. The van der Waals surface area contributed by atoms with Gasteiger partial charge in [-0.05, 0) is 47.6 Å². The Hall–Kier alpha value is -2.72. The molecule has 10 heteroatoms. The molecule has 10 nitrogen and oxygen atoms in total. The van der Waals surface area contributed by atoms with Gasteiger partial charge in [0.1, 0.15) is 18.5 Å². The van der Waals surface area contributed by atoms with Crippen LogP contribution in [-0.2, 0) is 14.3 Å². The van der Waals surface area contributed by atoms with Gasteiger partial charge in [-0.15, -0.1) is 0 Å². The van der Waals surface area contributed by atoms with Gasteiger partial charge in [-0.2, -0.15) is 0 Å². The molecule has 3 amide bonds. The van der Waals surface area contributed by atoms with Crippen LogP contribution in [0.3, 0.4) is 0 Å². The van der Waals surface area contributed by atoms with Crippen molar-refractivity contribution < 1.29 is 19.1 Å². The molecular formula is C32H52N6O4. The van der Waals surface area contributed by atoms with E-state index in [4.69, 9.17) is 4.74 Å². The number of nitrogens with zero attached hydrogens (tertiary/aromatic N) is 4. The zero-order chi connectivity index (χ0) is 30.7. The van der Waals surface area contributed by atoms with Crippen LogP contribution in [0.5, 0.6) is 0 Å². The van der Waals surface area contributed by atoms with Crippen molar-refractivity contribution >= 4 is 23.5 Å². The van der Waals surface area contributed by atoms with E-state index in [0.717, 1.165) is 70.9 Å². The number of piperazine rings is 1. The Kier molecular flexibility index (Phi) is 9.87. The van der Waals surface area contributed by atoms with Crippen LogP contribution in [0.25, 0.3) is 0 Å². The molecule has 42 heavy (non-hydrogen) atoms. The van der Waals surface area contributed by atoms with Gasteiger partial charge in [0.15, 0.2) is 0 Å². The fourth-order valence-corrected chi connectivity index (χ4v) is 7.15. The number of hydrogen-bond acceptors (Lipinski definition) is 7. The van der Waals surface area contributed by atoms with Crippen molar-refractivity contribution in [2.45, 2.75) is 79.8 Å². The van der Waals surface area contributed by atoms with Crippen LogP contribution in [0.15, 0.2) is 18.3 Å². The number of ether oxygens (including phenoxy) is 1. The molecule has 3 fully saturated rings. The first-order valence-corrected chi connectivity index (χ1v) is 15.6. The van der Waals surface area contributed by atoms with Gasteiger partial charge in [-0.25, -0.2) is 4.98 Å². The number of aromatic nitrogens is 1. The molecule has 1 aliphatic carbocycles. The normalized spacial score (nSPS) is 21.5. The number of likely N-dealkylation sites (tertiary alicyclic amines) is 1. The Morgan fingerprint density at radius 1 is 1.00 bits per heavy atom. The summed E-state index contributed by atoms with van der Waals surface area (Å²) in [7, 11) is 0. The molecule has 1 atom stereocenters. The molecular weight excluding hydrogens is 532 g/mol. The Morgan fingerprint density at radius 3 is 2.19 bits per heavy atom. The average molecular weight is 585 g/mol. The fraction of sp³-hybridized carbons (Fsp3) is 0.750. The fourth-order valence-electron chi connectivity index (χ4n) is 7.15. The number of carbonyl (C=O) groups excluding carboxylic acids is 3. The monoisotopic (exact) mass is 584 g/mol. The first-order valence-electron chi connectivity index (χ1n) is 15.6. The molecule has 1 aromatic heterocycles. The highest BCUT2D eigenvalue weighted by Gasteiger charge is 2.53. The minimum absolute atomic E-state index is 0.000340. The highest BCUT2D eigenvalue weighted by atomic mass is 16.5. The first-order chi connectivity index (χ1) is 19.7. The average Bonchev–Trinajstić information content (AvgIpc) is 3.47. The summed E-state index contributed by atoms with van der Waals surface area (Å²) >= 11 is 0. The van der Waals surface area contributed by atoms with Gasteiger partial charge in [0.05, 0.1) is 12.2 Å². The first kappa shape index (κ1) is 32.2. The second kappa shape index (κ2) is 12.9. The summed E-state index contributed by atoms with van der Waals surface area (Å²) in [4.78, 5) is 49.4. The predicted octanol–water partition coefficient (Wildman–Crippen LogP) is 2.93. The molecule has 234 valence electrons. The van der Waals surface area contributed by atoms with E-state index < -0.39 is 6.04 Å². The Morgan fingerprint density at radius 2 is 1.64 bits per heavy atom. The van der Waals surface area contributed by atoms with E-state index in [9.17, 15) is 14.4 Å². The molecule has 0 unspecified atom stereocenters. The van der Waals surface area contributed by atoms with Crippen molar-refractivity contribution in [3.8, 4) is 0 Å². The van der Waals surface area contributed by atoms with Crippen LogP contribution in [-0.4, -0.2) is 104 Å². The third kappa shape index (κ3) is 7.81. The van der Waals surface area contributed by atoms with Gasteiger partial charge >= 0.3 is 0 Å². The molecule has 4 rings (SSSR count). The van der Waals surface area contributed by atoms with Gasteiger partial charge in [-0.1, -0.05) is 48.5 Å². The van der Waals surface area contributed by atoms with Gasteiger partial charge in [0.2, 0.25) is 11.8 Å². The van der Waals surface area contributed by atoms with Crippen molar-refractivity contribution in [3.63, 3.8) is 0 Å². The van der Waals surface area contributed by atoms with Crippen LogP contribution in [0.2, 0.25) is 0 Å². The highest BCUT2D eigenvalue weighted by molar-refractivity contribution is 5.94. The van der Waals surface area contributed by atoms with Crippen LogP contribution in [0, 0.1) is 16.2 Å². The zero-order valence-corrected chi connectivity index (χ0v) is 26.8. The summed E-state index contributed by atoms with van der Waals surface area (Å²) in [6, 6.07) is 3.39. The van der Waals surface area contributed by atoms with Crippen LogP contribution >= 0.6 is 0 Å². The standard InChI is InChI=1S/C32H52N6O4/c1-30(2,3)26(28(41)38-12-8-9-13-38)34-25(39)21-42-19-18-36-14-16-37(17-15-36)24-11-10-23(20-33-24)27(40)35-29-31(4,5)22-32(29,6)7/h10-11,20,26,29H,8-9,12-19,21-22H2,1-7H3,(H,34,39)(H,35,40)/t26-/m1/s1. The molecule has 3 aliphatic rings. The quantitative estimate of drug-likeness (QED) is 0.407. The molecule has 0 aromatic carbocycles. The van der Waals surface area contributed by atoms with Crippen molar-refractivity contribution in [2.24, 2.45) is 16.2 Å². The van der Waals surface area contributed by atoms with Crippen molar-refractivity contribution in [2.75, 3.05) is 63.9 Å². The number of nitrogens with one attached hydrogen (secondary N) is 2. The lowest BCUT2D eigenvalue weighted by Gasteiger charge is -2.57. The van der Waals surface area contributed by atoms with Gasteiger partial charge < -0.3 is 25.2 Å². The summed E-state index contributed by atoms with van der Waals surface area (Å²) in [5.41, 5.74) is 0.423. The number of anilines is 1. The van der Waals surface area contributed by atoms with Gasteiger partial charge in [0, 0.05) is 58.1 Å². The van der Waals surface area contributed by atoms with E-state index in [1.165, 1.54) is 0 Å². The smallest absolute Gasteiger partial charge is 0.253 e. The predicted molar refractivity (Wildman–Crippen MR) is 164 cm³/mol. The molecule has 1 saturated carbocycles. The number of hydrogen-bond donors (Lipinski definition) is 2. The summed E-state index contributed by atoms with van der Waals surface area (Å²) in [6.45, 7) is 20.8. The molecule has 2 N–H and O–H groups in total. The molecule has 3 heterocycles. The minimum Gasteiger partial charge on any atom is -0.370 e. The number of amides is 3. The SMILES string of the molecule is CC1(C)CC(C)(C)C1NC(=O)c1ccc(N2CCN(CCOCC(=O)N[C@H](C(=O)N3CCCC3)C(C)(C)C)CC2)nc1. The second-order valence-electron chi connectivity index (χ2n) is 14.7. The lowest BCUT2D eigenvalue weighted by atomic mass is 9.52. The third-order valence-electron chi connectivity index (χ3n) is 9.08. The van der Waals surface area contributed by atoms with E-state index in [-0.39, 0.29) is 46.6 Å². The number of carbonyl (C=O) groups is 3. The Bertz CT molecular complexity index is 1080. The summed E-state index contributed by atoms with van der Waals surface area (Å²) < 4.78 is 5.69. The van der Waals surface area contributed by atoms with Crippen LogP contribution in [0.4, 0.5) is 5.82 Å². The summed E-state index contributed by atoms with van der Waals surface area (Å²) in [6.07, 6.45) is 4.81. The summed E-state index contributed by atoms with van der Waals surface area (Å²) in [5.74, 6) is 0.557. The molecule has 2 saturated heterocycles. The van der Waals surface area contributed by atoms with E-state index in [1.54, 1.807) is 6.20 Å². The van der Waals surface area contributed by atoms with E-state index in [0.29, 0.717) is 12.2 Å². The van der Waals surface area contributed by atoms with Crippen LogP contribution < -0.4 is 15.5 Å².